The monoisotopic (exact) mass is 571 g/mol. The molecule has 0 N–H and O–H groups in total. The number of aliphatic imine (C=N–C) groups is 1. The van der Waals surface area contributed by atoms with Crippen molar-refractivity contribution in [3.63, 3.8) is 0 Å². The predicted octanol–water partition coefficient (Wildman–Crippen LogP) is 5.51. The maximum absolute atomic E-state index is 12.7. The molecule has 5 rings (SSSR count). The van der Waals surface area contributed by atoms with E-state index >= 15 is 0 Å². The van der Waals surface area contributed by atoms with Crippen molar-refractivity contribution in [1.82, 2.24) is 5.01 Å². The zero-order valence-electron chi connectivity index (χ0n) is 22.9. The SMILES string of the molecule is CCOC(=O)C=C1SC(N2N=C(c3ccc(OC)cc3)CC2c2ccc(OCc3ccccc3)c(OC)c2)=NC1=O. The highest BCUT2D eigenvalue weighted by molar-refractivity contribution is 8.18. The van der Waals surface area contributed by atoms with Crippen LogP contribution >= 0.6 is 11.8 Å². The zero-order chi connectivity index (χ0) is 28.8. The first-order valence-electron chi connectivity index (χ1n) is 13.0. The van der Waals surface area contributed by atoms with E-state index in [-0.39, 0.29) is 17.6 Å². The number of rotatable bonds is 9. The number of carbonyl (C=O) groups excluding carboxylic acids is 2. The molecule has 210 valence electrons. The van der Waals surface area contributed by atoms with E-state index in [9.17, 15) is 9.59 Å². The minimum atomic E-state index is -0.587. The number of carbonyl (C=O) groups is 2. The van der Waals surface area contributed by atoms with Crippen LogP contribution in [0.2, 0.25) is 0 Å². The van der Waals surface area contributed by atoms with E-state index in [1.807, 2.05) is 72.8 Å². The first-order chi connectivity index (χ1) is 20.0. The molecule has 1 atom stereocenters. The molecule has 0 radical (unpaired) electrons. The Kier molecular flexibility index (Phi) is 8.69. The molecule has 41 heavy (non-hydrogen) atoms. The van der Waals surface area contributed by atoms with Crippen molar-refractivity contribution in [1.29, 1.82) is 0 Å². The van der Waals surface area contributed by atoms with Gasteiger partial charge in [-0.05, 0) is 71.8 Å². The van der Waals surface area contributed by atoms with Crippen LogP contribution in [-0.2, 0) is 20.9 Å². The smallest absolute Gasteiger partial charge is 0.332 e. The third-order valence-electron chi connectivity index (χ3n) is 6.48. The summed E-state index contributed by atoms with van der Waals surface area (Å²) >= 11 is 1.09. The molecule has 1 unspecified atom stereocenters. The van der Waals surface area contributed by atoms with Crippen molar-refractivity contribution in [2.45, 2.75) is 26.0 Å². The fraction of sp³-hybridized carbons (Fsp3) is 0.226. The number of esters is 1. The average Bonchev–Trinajstić information content (AvgIpc) is 3.60. The Morgan fingerprint density at radius 1 is 1.02 bits per heavy atom. The number of methoxy groups -OCH3 is 2. The van der Waals surface area contributed by atoms with Gasteiger partial charge in [0.05, 0.1) is 37.5 Å². The summed E-state index contributed by atoms with van der Waals surface area (Å²) in [6.45, 7) is 2.33. The molecule has 0 saturated carbocycles. The number of hydrogen-bond donors (Lipinski definition) is 0. The highest BCUT2D eigenvalue weighted by Crippen LogP contribution is 2.41. The topological polar surface area (TPSA) is 99.0 Å². The van der Waals surface area contributed by atoms with E-state index in [2.05, 4.69) is 4.99 Å². The normalized spacial score (nSPS) is 17.3. The number of amides is 1. The van der Waals surface area contributed by atoms with Gasteiger partial charge in [-0.2, -0.15) is 10.1 Å². The Morgan fingerprint density at radius 2 is 1.80 bits per heavy atom. The first-order valence-corrected chi connectivity index (χ1v) is 13.9. The van der Waals surface area contributed by atoms with Gasteiger partial charge in [0.25, 0.3) is 5.91 Å². The third kappa shape index (κ3) is 6.44. The number of hydrazone groups is 1. The number of thioether (sulfide) groups is 1. The fourth-order valence-electron chi connectivity index (χ4n) is 4.44. The molecule has 0 spiro atoms. The Labute approximate surface area is 242 Å². The van der Waals surface area contributed by atoms with Crippen LogP contribution in [0.5, 0.6) is 17.2 Å². The molecule has 2 aliphatic heterocycles. The largest absolute Gasteiger partial charge is 0.497 e. The van der Waals surface area contributed by atoms with Crippen LogP contribution in [0.1, 0.15) is 36.1 Å². The maximum atomic E-state index is 12.7. The van der Waals surface area contributed by atoms with Gasteiger partial charge in [-0.15, -0.1) is 0 Å². The van der Waals surface area contributed by atoms with Gasteiger partial charge < -0.3 is 18.9 Å². The molecular weight excluding hydrogens is 542 g/mol. The van der Waals surface area contributed by atoms with Crippen LogP contribution in [0.4, 0.5) is 0 Å². The molecule has 3 aromatic carbocycles. The number of ether oxygens (including phenoxy) is 4. The van der Waals surface area contributed by atoms with E-state index in [1.54, 1.807) is 26.2 Å². The average molecular weight is 572 g/mol. The number of benzene rings is 3. The van der Waals surface area contributed by atoms with Gasteiger partial charge in [0, 0.05) is 12.5 Å². The third-order valence-corrected chi connectivity index (χ3v) is 7.46. The molecule has 0 saturated heterocycles. The minimum Gasteiger partial charge on any atom is -0.497 e. The van der Waals surface area contributed by atoms with Crippen molar-refractivity contribution in [3.05, 3.63) is 100 Å². The molecular formula is C31H29N3O6S. The lowest BCUT2D eigenvalue weighted by atomic mass is 9.98. The summed E-state index contributed by atoms with van der Waals surface area (Å²) in [4.78, 5) is 29.1. The Hall–Kier alpha value is -4.57. The Morgan fingerprint density at radius 3 is 2.51 bits per heavy atom. The van der Waals surface area contributed by atoms with Crippen LogP contribution in [-0.4, -0.2) is 48.6 Å². The van der Waals surface area contributed by atoms with Crippen molar-refractivity contribution in [3.8, 4) is 17.2 Å². The first kappa shape index (κ1) is 28.0. The van der Waals surface area contributed by atoms with Crippen molar-refractivity contribution < 1.29 is 28.5 Å². The highest BCUT2D eigenvalue weighted by Gasteiger charge is 2.37. The Bertz CT molecular complexity index is 1520. The van der Waals surface area contributed by atoms with Crippen LogP contribution in [0.15, 0.2) is 93.9 Å². The van der Waals surface area contributed by atoms with E-state index < -0.39 is 11.9 Å². The van der Waals surface area contributed by atoms with Gasteiger partial charge in [-0.1, -0.05) is 36.4 Å². The summed E-state index contributed by atoms with van der Waals surface area (Å²) in [5.41, 5.74) is 3.69. The predicted molar refractivity (Wildman–Crippen MR) is 157 cm³/mol. The van der Waals surface area contributed by atoms with Crippen LogP contribution in [0.3, 0.4) is 0 Å². The van der Waals surface area contributed by atoms with E-state index in [4.69, 9.17) is 24.0 Å². The van der Waals surface area contributed by atoms with Crippen molar-refractivity contribution >= 4 is 34.5 Å². The number of hydrogen-bond acceptors (Lipinski definition) is 9. The molecule has 0 bridgehead atoms. The fourth-order valence-corrected chi connectivity index (χ4v) is 5.31. The summed E-state index contributed by atoms with van der Waals surface area (Å²) < 4.78 is 22.0. The minimum absolute atomic E-state index is 0.188. The number of nitrogens with zero attached hydrogens (tertiary/aromatic N) is 3. The second-order valence-electron chi connectivity index (χ2n) is 9.09. The summed E-state index contributed by atoms with van der Waals surface area (Å²) in [6, 6.07) is 23.0. The molecule has 0 fully saturated rings. The standard InChI is InChI=1S/C31H29N3O6S/c1-4-39-29(35)18-28-30(36)32-31(41-28)34-25(17-24(33-34)21-10-13-23(37-2)14-11-21)22-12-15-26(27(16-22)38-3)40-19-20-8-6-5-7-9-20/h5-16,18,25H,4,17,19H2,1-3H3. The van der Waals surface area contributed by atoms with Crippen LogP contribution < -0.4 is 14.2 Å². The lowest BCUT2D eigenvalue weighted by molar-refractivity contribution is -0.137. The summed E-state index contributed by atoms with van der Waals surface area (Å²) in [5, 5.41) is 6.99. The Balaban J connectivity index is 1.44. The molecule has 9 nitrogen and oxygen atoms in total. The molecule has 0 aromatic heterocycles. The van der Waals surface area contributed by atoms with Crippen molar-refractivity contribution in [2.24, 2.45) is 10.1 Å². The van der Waals surface area contributed by atoms with Gasteiger partial charge in [-0.3, -0.25) is 4.79 Å². The summed E-state index contributed by atoms with van der Waals surface area (Å²) in [6.07, 6.45) is 1.72. The quantitative estimate of drug-likeness (QED) is 0.245. The molecule has 2 heterocycles. The van der Waals surface area contributed by atoms with Crippen LogP contribution in [0, 0.1) is 0 Å². The van der Waals surface area contributed by atoms with Gasteiger partial charge in [0.15, 0.2) is 16.7 Å². The molecule has 0 aliphatic carbocycles. The lowest BCUT2D eigenvalue weighted by Crippen LogP contribution is -2.23. The van der Waals surface area contributed by atoms with Gasteiger partial charge >= 0.3 is 5.97 Å². The van der Waals surface area contributed by atoms with Crippen LogP contribution in [0.25, 0.3) is 0 Å². The van der Waals surface area contributed by atoms with E-state index in [1.165, 1.54) is 6.08 Å². The number of amidine groups is 1. The lowest BCUT2D eigenvalue weighted by Gasteiger charge is -2.23. The summed E-state index contributed by atoms with van der Waals surface area (Å²) in [7, 11) is 3.22. The van der Waals surface area contributed by atoms with Crippen molar-refractivity contribution in [2.75, 3.05) is 20.8 Å². The molecule has 10 heteroatoms. The van der Waals surface area contributed by atoms with E-state index in [0.717, 1.165) is 39.9 Å². The second kappa shape index (κ2) is 12.7. The molecule has 3 aromatic rings. The maximum Gasteiger partial charge on any atom is 0.332 e. The van der Waals surface area contributed by atoms with Gasteiger partial charge in [0.2, 0.25) is 0 Å². The van der Waals surface area contributed by atoms with Gasteiger partial charge in [0.1, 0.15) is 12.4 Å². The van der Waals surface area contributed by atoms with Gasteiger partial charge in [-0.25, -0.2) is 9.80 Å². The summed E-state index contributed by atoms with van der Waals surface area (Å²) in [5.74, 6) is 0.842. The highest BCUT2D eigenvalue weighted by atomic mass is 32.2. The zero-order valence-corrected chi connectivity index (χ0v) is 23.7. The van der Waals surface area contributed by atoms with E-state index in [0.29, 0.717) is 29.7 Å². The second-order valence-corrected chi connectivity index (χ2v) is 10.1. The molecule has 1 amide bonds. The molecule has 2 aliphatic rings.